The number of likely N-dealkylation sites (N-methyl/N-ethyl adjacent to an activating group) is 1. The molecule has 0 aliphatic carbocycles. The highest BCUT2D eigenvalue weighted by atomic mass is 32.1. The number of carbonyl (C=O) groups excluding carboxylic acids is 2. The van der Waals surface area contributed by atoms with Gasteiger partial charge in [0.25, 0.3) is 5.91 Å². The van der Waals surface area contributed by atoms with E-state index >= 15 is 0 Å². The monoisotopic (exact) mass is 427 g/mol. The predicted molar refractivity (Wildman–Crippen MR) is 111 cm³/mol. The zero-order valence-electron chi connectivity index (χ0n) is 16.4. The van der Waals surface area contributed by atoms with E-state index in [1.165, 1.54) is 17.6 Å². The standard InChI is InChI=1S/C21H21N3O5S/c1-2-24(12-14-5-3-6-16-19(14)29-10-9-28-16)18(25)11-15-13-30-21(22-15)23-20(26)17-7-4-8-27-17/h3-8,13H,2,9-12H2,1H3,(H,22,23,26). The Bertz CT molecular complexity index is 1030. The molecule has 2 aromatic heterocycles. The first-order valence-electron chi connectivity index (χ1n) is 9.58. The average molecular weight is 427 g/mol. The Balaban J connectivity index is 1.39. The number of rotatable bonds is 7. The SMILES string of the molecule is CCN(Cc1cccc2c1OCCO2)C(=O)Cc1csc(NC(=O)c2ccco2)n1. The maximum absolute atomic E-state index is 12.9. The smallest absolute Gasteiger partial charge is 0.293 e. The third kappa shape index (κ3) is 4.46. The summed E-state index contributed by atoms with van der Waals surface area (Å²) in [5.41, 5.74) is 1.51. The van der Waals surface area contributed by atoms with Gasteiger partial charge in [-0.05, 0) is 25.1 Å². The quantitative estimate of drug-likeness (QED) is 0.622. The van der Waals surface area contributed by atoms with Gasteiger partial charge in [-0.15, -0.1) is 11.3 Å². The van der Waals surface area contributed by atoms with E-state index in [1.54, 1.807) is 22.4 Å². The minimum absolute atomic E-state index is 0.0546. The number of benzene rings is 1. The van der Waals surface area contributed by atoms with Gasteiger partial charge in [0.2, 0.25) is 5.91 Å². The van der Waals surface area contributed by atoms with Crippen LogP contribution in [0.15, 0.2) is 46.4 Å². The van der Waals surface area contributed by atoms with Gasteiger partial charge in [0.05, 0.1) is 18.4 Å². The molecule has 0 radical (unpaired) electrons. The van der Waals surface area contributed by atoms with Gasteiger partial charge in [-0.2, -0.15) is 0 Å². The fraction of sp³-hybridized carbons (Fsp3) is 0.286. The summed E-state index contributed by atoms with van der Waals surface area (Å²) < 4.78 is 16.4. The molecule has 0 spiro atoms. The van der Waals surface area contributed by atoms with Crippen molar-refractivity contribution >= 4 is 28.3 Å². The molecule has 30 heavy (non-hydrogen) atoms. The van der Waals surface area contributed by atoms with Crippen molar-refractivity contribution in [2.24, 2.45) is 0 Å². The van der Waals surface area contributed by atoms with Crippen molar-refractivity contribution in [3.63, 3.8) is 0 Å². The summed E-state index contributed by atoms with van der Waals surface area (Å²) in [5, 5.41) is 4.86. The van der Waals surface area contributed by atoms with Crippen LogP contribution in [0.1, 0.15) is 28.7 Å². The van der Waals surface area contributed by atoms with Crippen molar-refractivity contribution in [1.82, 2.24) is 9.88 Å². The molecular formula is C21H21N3O5S. The van der Waals surface area contributed by atoms with E-state index in [-0.39, 0.29) is 24.0 Å². The maximum atomic E-state index is 12.9. The van der Waals surface area contributed by atoms with Crippen molar-refractivity contribution in [2.45, 2.75) is 19.9 Å². The van der Waals surface area contributed by atoms with Crippen LogP contribution >= 0.6 is 11.3 Å². The summed E-state index contributed by atoms with van der Waals surface area (Å²) in [6, 6.07) is 8.92. The lowest BCUT2D eigenvalue weighted by molar-refractivity contribution is -0.130. The third-order valence-corrected chi connectivity index (χ3v) is 5.40. The Morgan fingerprint density at radius 2 is 2.07 bits per heavy atom. The summed E-state index contributed by atoms with van der Waals surface area (Å²) in [5.74, 6) is 1.18. The second-order valence-electron chi connectivity index (χ2n) is 6.60. The Hall–Kier alpha value is -3.33. The van der Waals surface area contributed by atoms with E-state index in [4.69, 9.17) is 13.9 Å². The zero-order valence-corrected chi connectivity index (χ0v) is 17.2. The molecule has 0 unspecified atom stereocenters. The van der Waals surface area contributed by atoms with Gasteiger partial charge >= 0.3 is 0 Å². The first-order chi connectivity index (χ1) is 14.6. The minimum Gasteiger partial charge on any atom is -0.486 e. The third-order valence-electron chi connectivity index (χ3n) is 4.59. The van der Waals surface area contributed by atoms with Crippen molar-refractivity contribution in [3.8, 4) is 11.5 Å². The average Bonchev–Trinajstić information content (AvgIpc) is 3.44. The van der Waals surface area contributed by atoms with E-state index in [9.17, 15) is 9.59 Å². The summed E-state index contributed by atoms with van der Waals surface area (Å²) in [6.45, 7) is 3.93. The lowest BCUT2D eigenvalue weighted by atomic mass is 10.1. The highest BCUT2D eigenvalue weighted by Crippen LogP contribution is 2.34. The summed E-state index contributed by atoms with van der Waals surface area (Å²) in [6.07, 6.45) is 1.58. The number of aromatic nitrogens is 1. The number of anilines is 1. The zero-order chi connectivity index (χ0) is 20.9. The van der Waals surface area contributed by atoms with Gasteiger partial charge in [0.1, 0.15) is 13.2 Å². The number of amides is 2. The van der Waals surface area contributed by atoms with Crippen LogP contribution in [0.2, 0.25) is 0 Å². The van der Waals surface area contributed by atoms with Gasteiger partial charge in [-0.25, -0.2) is 4.98 Å². The number of nitrogens with one attached hydrogen (secondary N) is 1. The molecule has 3 heterocycles. The number of carbonyl (C=O) groups is 2. The Kier molecular flexibility index (Phi) is 5.99. The minimum atomic E-state index is -0.376. The number of nitrogens with zero attached hydrogens (tertiary/aromatic N) is 2. The normalized spacial score (nSPS) is 12.4. The molecule has 0 saturated heterocycles. The molecule has 8 nitrogen and oxygen atoms in total. The van der Waals surface area contributed by atoms with Crippen LogP contribution < -0.4 is 14.8 Å². The Morgan fingerprint density at radius 1 is 1.20 bits per heavy atom. The highest BCUT2D eigenvalue weighted by Gasteiger charge is 2.21. The van der Waals surface area contributed by atoms with Crippen LogP contribution in [0.25, 0.3) is 0 Å². The molecule has 4 rings (SSSR count). The predicted octanol–water partition coefficient (Wildman–Crippen LogP) is 3.35. The van der Waals surface area contributed by atoms with Gasteiger partial charge < -0.3 is 18.8 Å². The van der Waals surface area contributed by atoms with Crippen molar-refractivity contribution < 1.29 is 23.5 Å². The van der Waals surface area contributed by atoms with E-state index in [0.717, 1.165) is 5.56 Å². The maximum Gasteiger partial charge on any atom is 0.293 e. The molecule has 1 aliphatic heterocycles. The summed E-state index contributed by atoms with van der Waals surface area (Å²) in [7, 11) is 0. The lowest BCUT2D eigenvalue weighted by Gasteiger charge is -2.25. The van der Waals surface area contributed by atoms with Crippen LogP contribution in [0.3, 0.4) is 0 Å². The van der Waals surface area contributed by atoms with Crippen LogP contribution in [-0.2, 0) is 17.8 Å². The summed E-state index contributed by atoms with van der Waals surface area (Å²) in [4.78, 5) is 31.0. The largest absolute Gasteiger partial charge is 0.486 e. The second kappa shape index (κ2) is 9.00. The number of para-hydroxylation sites is 1. The molecule has 2 amide bonds. The van der Waals surface area contributed by atoms with Crippen LogP contribution in [0, 0.1) is 0 Å². The number of thiazole rings is 1. The number of hydrogen-bond acceptors (Lipinski definition) is 7. The number of hydrogen-bond donors (Lipinski definition) is 1. The Labute approximate surface area is 177 Å². The van der Waals surface area contributed by atoms with E-state index < -0.39 is 0 Å². The van der Waals surface area contributed by atoms with E-state index in [2.05, 4.69) is 10.3 Å². The van der Waals surface area contributed by atoms with Gasteiger partial charge in [-0.3, -0.25) is 14.9 Å². The molecule has 9 heteroatoms. The van der Waals surface area contributed by atoms with Crippen molar-refractivity contribution in [1.29, 1.82) is 0 Å². The molecular weight excluding hydrogens is 406 g/mol. The molecule has 0 fully saturated rings. The first-order valence-corrected chi connectivity index (χ1v) is 10.5. The van der Waals surface area contributed by atoms with Crippen LogP contribution in [0.5, 0.6) is 11.5 Å². The fourth-order valence-corrected chi connectivity index (χ4v) is 3.82. The first kappa shape index (κ1) is 20.0. The molecule has 0 bridgehead atoms. The number of furan rings is 1. The molecule has 1 N–H and O–H groups in total. The van der Waals surface area contributed by atoms with Crippen LogP contribution in [0.4, 0.5) is 5.13 Å². The second-order valence-corrected chi connectivity index (χ2v) is 7.46. The topological polar surface area (TPSA) is 93.9 Å². The van der Waals surface area contributed by atoms with Gasteiger partial charge in [0, 0.05) is 24.0 Å². The molecule has 0 saturated carbocycles. The van der Waals surface area contributed by atoms with Crippen LogP contribution in [-0.4, -0.2) is 41.5 Å². The molecule has 3 aromatic rings. The van der Waals surface area contributed by atoms with E-state index in [1.807, 2.05) is 25.1 Å². The van der Waals surface area contributed by atoms with Gasteiger partial charge in [-0.1, -0.05) is 12.1 Å². The molecule has 1 aliphatic rings. The molecule has 0 atom stereocenters. The number of ether oxygens (including phenoxy) is 2. The Morgan fingerprint density at radius 3 is 2.87 bits per heavy atom. The molecule has 1 aromatic carbocycles. The van der Waals surface area contributed by atoms with Crippen molar-refractivity contribution in [2.75, 3.05) is 25.1 Å². The lowest BCUT2D eigenvalue weighted by Crippen LogP contribution is -2.32. The summed E-state index contributed by atoms with van der Waals surface area (Å²) >= 11 is 1.27. The highest BCUT2D eigenvalue weighted by molar-refractivity contribution is 7.14. The van der Waals surface area contributed by atoms with Crippen molar-refractivity contribution in [3.05, 3.63) is 59.0 Å². The fourth-order valence-electron chi connectivity index (χ4n) is 3.12. The number of fused-ring (bicyclic) bond motifs is 1. The molecule has 156 valence electrons. The van der Waals surface area contributed by atoms with E-state index in [0.29, 0.717) is 48.6 Å². The van der Waals surface area contributed by atoms with Gasteiger partial charge in [0.15, 0.2) is 22.4 Å².